The molecule has 130 valence electrons. The molecule has 1 amide bonds. The quantitative estimate of drug-likeness (QED) is 0.594. The van der Waals surface area contributed by atoms with E-state index in [0.717, 1.165) is 5.76 Å². The molecule has 0 aliphatic rings. The van der Waals surface area contributed by atoms with Crippen molar-refractivity contribution in [3.8, 4) is 16.6 Å². The van der Waals surface area contributed by atoms with Crippen molar-refractivity contribution in [2.75, 3.05) is 5.32 Å². The monoisotopic (exact) mass is 365 g/mol. The lowest BCUT2D eigenvalue weighted by Gasteiger charge is -2.09. The van der Waals surface area contributed by atoms with E-state index in [2.05, 4.69) is 20.4 Å². The highest BCUT2D eigenvalue weighted by molar-refractivity contribution is 7.17. The first-order valence-corrected chi connectivity index (χ1v) is 8.74. The molecule has 4 heterocycles. The first-order valence-electron chi connectivity index (χ1n) is 7.92. The fraction of sp³-hybridized carbons (Fsp3) is 0.111. The van der Waals surface area contributed by atoms with E-state index >= 15 is 0 Å². The molecule has 0 saturated heterocycles. The molecule has 8 heteroatoms. The smallest absolute Gasteiger partial charge is 0.267 e. The van der Waals surface area contributed by atoms with Crippen molar-refractivity contribution in [2.24, 2.45) is 0 Å². The van der Waals surface area contributed by atoms with Crippen LogP contribution in [-0.4, -0.2) is 25.7 Å². The van der Waals surface area contributed by atoms with Crippen molar-refractivity contribution in [3.05, 3.63) is 65.3 Å². The van der Waals surface area contributed by atoms with Crippen LogP contribution in [0.25, 0.3) is 16.6 Å². The number of rotatable bonds is 4. The van der Waals surface area contributed by atoms with Gasteiger partial charge < -0.3 is 9.73 Å². The Hall–Kier alpha value is -3.26. The summed E-state index contributed by atoms with van der Waals surface area (Å²) in [6.45, 7) is 3.68. The van der Waals surface area contributed by atoms with Gasteiger partial charge >= 0.3 is 0 Å². The highest BCUT2D eigenvalue weighted by Crippen LogP contribution is 2.30. The molecule has 0 spiro atoms. The van der Waals surface area contributed by atoms with Crippen LogP contribution < -0.4 is 5.32 Å². The highest BCUT2D eigenvalue weighted by atomic mass is 32.1. The molecular formula is C18H15N5O2S. The molecule has 0 atom stereocenters. The average molecular weight is 365 g/mol. The number of hydrogen-bond acceptors (Lipinski definition) is 6. The fourth-order valence-electron chi connectivity index (χ4n) is 2.51. The molecule has 0 aliphatic carbocycles. The van der Waals surface area contributed by atoms with Crippen LogP contribution >= 0.6 is 11.3 Å². The summed E-state index contributed by atoms with van der Waals surface area (Å²) in [7, 11) is 0. The van der Waals surface area contributed by atoms with E-state index in [0.29, 0.717) is 32.8 Å². The molecule has 0 fully saturated rings. The minimum atomic E-state index is -0.240. The zero-order chi connectivity index (χ0) is 18.1. The number of hydrogen-bond donors (Lipinski definition) is 1. The van der Waals surface area contributed by atoms with Gasteiger partial charge in [0.25, 0.3) is 5.91 Å². The van der Waals surface area contributed by atoms with E-state index in [9.17, 15) is 4.79 Å². The SMILES string of the molecule is Cc1ccc(-c2nc(C)c(C(=O)Nc3cccnc3-n3cccn3)s2)o1. The molecule has 0 bridgehead atoms. The second-order valence-electron chi connectivity index (χ2n) is 5.62. The van der Waals surface area contributed by atoms with Crippen molar-refractivity contribution in [3.63, 3.8) is 0 Å². The molecule has 0 aromatic carbocycles. The average Bonchev–Trinajstić information content (AvgIpc) is 3.36. The van der Waals surface area contributed by atoms with E-state index in [1.807, 2.05) is 26.0 Å². The largest absolute Gasteiger partial charge is 0.459 e. The number of carbonyl (C=O) groups excluding carboxylic acids is 1. The maximum Gasteiger partial charge on any atom is 0.267 e. The number of pyridine rings is 1. The van der Waals surface area contributed by atoms with Crippen molar-refractivity contribution in [1.82, 2.24) is 19.7 Å². The zero-order valence-corrected chi connectivity index (χ0v) is 14.9. The van der Waals surface area contributed by atoms with Crippen LogP contribution in [0.5, 0.6) is 0 Å². The second kappa shape index (κ2) is 6.57. The third kappa shape index (κ3) is 3.02. The Morgan fingerprint density at radius 2 is 2.08 bits per heavy atom. The predicted molar refractivity (Wildman–Crippen MR) is 98.6 cm³/mol. The van der Waals surface area contributed by atoms with E-state index in [4.69, 9.17) is 4.42 Å². The maximum absolute atomic E-state index is 12.8. The standard InChI is InChI=1S/C18H15N5O2S/c1-11-6-7-14(25-11)18-21-12(2)15(26-18)17(24)22-13-5-3-8-19-16(13)23-10-4-9-20-23/h3-10H,1-2H3,(H,22,24). The van der Waals surface area contributed by atoms with Crippen molar-refractivity contribution < 1.29 is 9.21 Å². The Kier molecular flexibility index (Phi) is 4.10. The fourth-order valence-corrected chi connectivity index (χ4v) is 3.44. The Balaban J connectivity index is 1.63. The Bertz CT molecular complexity index is 1070. The van der Waals surface area contributed by atoms with Crippen LogP contribution in [-0.2, 0) is 0 Å². The molecule has 0 unspecified atom stereocenters. The van der Waals surface area contributed by atoms with Crippen LogP contribution in [0.4, 0.5) is 5.69 Å². The van der Waals surface area contributed by atoms with Crippen LogP contribution in [0.15, 0.2) is 53.3 Å². The Morgan fingerprint density at radius 1 is 1.19 bits per heavy atom. The van der Waals surface area contributed by atoms with Crippen LogP contribution in [0.2, 0.25) is 0 Å². The normalized spacial score (nSPS) is 10.8. The molecular weight excluding hydrogens is 350 g/mol. The molecule has 7 nitrogen and oxygen atoms in total. The van der Waals surface area contributed by atoms with Gasteiger partial charge in [0.15, 0.2) is 16.6 Å². The number of aryl methyl sites for hydroxylation is 2. The van der Waals surface area contributed by atoms with Gasteiger partial charge in [-0.05, 0) is 44.2 Å². The lowest BCUT2D eigenvalue weighted by atomic mass is 10.3. The topological polar surface area (TPSA) is 85.8 Å². The molecule has 0 radical (unpaired) electrons. The molecule has 1 N–H and O–H groups in total. The first kappa shape index (κ1) is 16.2. The van der Waals surface area contributed by atoms with E-state index in [-0.39, 0.29) is 5.91 Å². The first-order chi connectivity index (χ1) is 12.6. The van der Waals surface area contributed by atoms with Gasteiger partial charge in [-0.25, -0.2) is 14.6 Å². The molecule has 26 heavy (non-hydrogen) atoms. The maximum atomic E-state index is 12.8. The van der Waals surface area contributed by atoms with Crippen LogP contribution in [0.1, 0.15) is 21.1 Å². The van der Waals surface area contributed by atoms with Crippen LogP contribution in [0, 0.1) is 13.8 Å². The molecule has 0 saturated carbocycles. The summed E-state index contributed by atoms with van der Waals surface area (Å²) in [6.07, 6.45) is 5.08. The Morgan fingerprint density at radius 3 is 2.81 bits per heavy atom. The summed E-state index contributed by atoms with van der Waals surface area (Å²) >= 11 is 1.30. The number of furan rings is 1. The van der Waals surface area contributed by atoms with E-state index < -0.39 is 0 Å². The van der Waals surface area contributed by atoms with Gasteiger partial charge in [0.05, 0.1) is 11.4 Å². The number of nitrogens with one attached hydrogen (secondary N) is 1. The Labute approximate surface area is 153 Å². The van der Waals surface area contributed by atoms with Gasteiger partial charge in [0.2, 0.25) is 0 Å². The van der Waals surface area contributed by atoms with Crippen LogP contribution in [0.3, 0.4) is 0 Å². The van der Waals surface area contributed by atoms with E-state index in [1.165, 1.54) is 11.3 Å². The number of amides is 1. The lowest BCUT2D eigenvalue weighted by Crippen LogP contribution is -2.14. The van der Waals surface area contributed by atoms with Gasteiger partial charge in [-0.15, -0.1) is 11.3 Å². The third-order valence-electron chi connectivity index (χ3n) is 3.71. The van der Waals surface area contributed by atoms with Gasteiger partial charge in [0, 0.05) is 18.6 Å². The summed E-state index contributed by atoms with van der Waals surface area (Å²) in [4.78, 5) is 22.1. The summed E-state index contributed by atoms with van der Waals surface area (Å²) in [5.41, 5.74) is 1.23. The van der Waals surface area contributed by atoms with E-state index in [1.54, 1.807) is 41.5 Å². The van der Waals surface area contributed by atoms with Gasteiger partial charge in [-0.1, -0.05) is 0 Å². The number of aromatic nitrogens is 4. The second-order valence-corrected chi connectivity index (χ2v) is 6.62. The predicted octanol–water partition coefficient (Wildman–Crippen LogP) is 3.85. The zero-order valence-electron chi connectivity index (χ0n) is 14.1. The lowest BCUT2D eigenvalue weighted by molar-refractivity contribution is 0.102. The van der Waals surface area contributed by atoms with Crippen molar-refractivity contribution in [1.29, 1.82) is 0 Å². The number of nitrogens with zero attached hydrogens (tertiary/aromatic N) is 4. The van der Waals surface area contributed by atoms with Crippen molar-refractivity contribution >= 4 is 22.9 Å². The summed E-state index contributed by atoms with van der Waals surface area (Å²) < 4.78 is 7.20. The summed E-state index contributed by atoms with van der Waals surface area (Å²) in [6, 6.07) is 9.07. The molecule has 4 aromatic rings. The molecule has 4 aromatic heterocycles. The number of carbonyl (C=O) groups is 1. The van der Waals surface area contributed by atoms with Gasteiger partial charge in [-0.2, -0.15) is 5.10 Å². The molecule has 0 aliphatic heterocycles. The summed E-state index contributed by atoms with van der Waals surface area (Å²) in [5, 5.41) is 7.75. The van der Waals surface area contributed by atoms with Gasteiger partial charge in [0.1, 0.15) is 10.6 Å². The number of thiazole rings is 1. The third-order valence-corrected chi connectivity index (χ3v) is 4.88. The number of anilines is 1. The molecule has 4 rings (SSSR count). The van der Waals surface area contributed by atoms with Crippen molar-refractivity contribution in [2.45, 2.75) is 13.8 Å². The highest BCUT2D eigenvalue weighted by Gasteiger charge is 2.19. The van der Waals surface area contributed by atoms with Gasteiger partial charge in [-0.3, -0.25) is 4.79 Å². The minimum Gasteiger partial charge on any atom is -0.459 e. The summed E-state index contributed by atoms with van der Waals surface area (Å²) in [5.74, 6) is 1.78. The minimum absolute atomic E-state index is 0.240.